The van der Waals surface area contributed by atoms with Crippen molar-refractivity contribution in [3.63, 3.8) is 0 Å². The maximum Gasteiger partial charge on any atom is 0.272 e. The van der Waals surface area contributed by atoms with E-state index in [-0.39, 0.29) is 18.0 Å². The van der Waals surface area contributed by atoms with Gasteiger partial charge in [-0.15, -0.1) is 0 Å². The Bertz CT molecular complexity index is 601. The van der Waals surface area contributed by atoms with E-state index in [0.717, 1.165) is 5.56 Å². The van der Waals surface area contributed by atoms with Crippen LogP contribution in [0.1, 0.15) is 33.3 Å². The van der Waals surface area contributed by atoms with Crippen molar-refractivity contribution in [1.82, 2.24) is 16.0 Å². The van der Waals surface area contributed by atoms with E-state index in [4.69, 9.17) is 4.74 Å². The van der Waals surface area contributed by atoms with E-state index in [1.807, 2.05) is 33.8 Å². The summed E-state index contributed by atoms with van der Waals surface area (Å²) in [5, 5.41) is 8.88. The molecule has 1 amide bonds. The van der Waals surface area contributed by atoms with E-state index in [9.17, 15) is 13.6 Å². The van der Waals surface area contributed by atoms with Crippen molar-refractivity contribution in [3.05, 3.63) is 29.8 Å². The zero-order chi connectivity index (χ0) is 19.6. The summed E-state index contributed by atoms with van der Waals surface area (Å²) in [5.41, 5.74) is 0.514. The van der Waals surface area contributed by atoms with Crippen LogP contribution in [0.2, 0.25) is 0 Å². The Hall–Kier alpha value is -2.38. The second kappa shape index (κ2) is 10.6. The number of guanidine groups is 1. The highest BCUT2D eigenvalue weighted by Crippen LogP contribution is 2.14. The number of carbonyl (C=O) groups excluding carboxylic acids is 1. The lowest BCUT2D eigenvalue weighted by Gasteiger charge is -2.21. The molecule has 8 heteroatoms. The Morgan fingerprint density at radius 2 is 2.00 bits per heavy atom. The van der Waals surface area contributed by atoms with E-state index in [0.29, 0.717) is 24.8 Å². The van der Waals surface area contributed by atoms with Gasteiger partial charge >= 0.3 is 0 Å². The molecule has 0 radical (unpaired) electrons. The molecule has 0 fully saturated rings. The lowest BCUT2D eigenvalue weighted by molar-refractivity contribution is -0.121. The molecule has 0 aliphatic heterocycles. The van der Waals surface area contributed by atoms with Gasteiger partial charge in [0.15, 0.2) is 5.96 Å². The first kappa shape index (κ1) is 21.7. The number of benzene rings is 1. The summed E-state index contributed by atoms with van der Waals surface area (Å²) in [5.74, 6) is 0.737. The van der Waals surface area contributed by atoms with Crippen molar-refractivity contribution in [2.45, 2.75) is 46.2 Å². The third-order valence-corrected chi connectivity index (χ3v) is 2.97. The summed E-state index contributed by atoms with van der Waals surface area (Å²) in [6.07, 6.45) is -2.51. The number of halogens is 2. The van der Waals surface area contributed by atoms with Crippen molar-refractivity contribution in [3.8, 4) is 5.75 Å². The average Bonchev–Trinajstić information content (AvgIpc) is 2.54. The minimum atomic E-state index is -2.51. The Kier molecular flexibility index (Phi) is 8.81. The quantitative estimate of drug-likeness (QED) is 0.485. The predicted octanol–water partition coefficient (Wildman–Crippen LogP) is 2.30. The largest absolute Gasteiger partial charge is 0.488 e. The molecular weight excluding hydrogens is 342 g/mol. The fourth-order valence-corrected chi connectivity index (χ4v) is 2.03. The van der Waals surface area contributed by atoms with Crippen LogP contribution in [0.3, 0.4) is 0 Å². The van der Waals surface area contributed by atoms with Gasteiger partial charge in [0.25, 0.3) is 6.43 Å². The van der Waals surface area contributed by atoms with Crippen molar-refractivity contribution in [2.75, 3.05) is 19.7 Å². The van der Waals surface area contributed by atoms with Gasteiger partial charge in [-0.3, -0.25) is 4.79 Å². The van der Waals surface area contributed by atoms with Crippen LogP contribution in [0.15, 0.2) is 29.3 Å². The zero-order valence-electron chi connectivity index (χ0n) is 15.7. The lowest BCUT2D eigenvalue weighted by Crippen LogP contribution is -2.48. The summed E-state index contributed by atoms with van der Waals surface area (Å²) in [6.45, 7) is 8.08. The van der Waals surface area contributed by atoms with Crippen LogP contribution in [0.5, 0.6) is 5.75 Å². The molecule has 1 aromatic rings. The number of nitrogens with zero attached hydrogens (tertiary/aromatic N) is 1. The standard InChI is InChI=1S/C18H28F2N4O2/c1-5-21-17(23-11-16(25)24-18(2,3)4)22-10-13-7-6-8-14(9-13)26-12-15(19)20/h6-9,15H,5,10-12H2,1-4H3,(H,24,25)(H2,21,22,23). The molecule has 1 aromatic carbocycles. The summed E-state index contributed by atoms with van der Waals surface area (Å²) >= 11 is 0. The van der Waals surface area contributed by atoms with E-state index in [1.165, 1.54) is 0 Å². The molecule has 0 spiro atoms. The van der Waals surface area contributed by atoms with E-state index >= 15 is 0 Å². The fraction of sp³-hybridized carbons (Fsp3) is 0.556. The monoisotopic (exact) mass is 370 g/mol. The second-order valence-corrected chi connectivity index (χ2v) is 6.70. The fourth-order valence-electron chi connectivity index (χ4n) is 2.03. The summed E-state index contributed by atoms with van der Waals surface area (Å²) in [6, 6.07) is 6.84. The molecule has 0 aliphatic carbocycles. The maximum atomic E-state index is 12.2. The van der Waals surface area contributed by atoms with Gasteiger partial charge in [0.1, 0.15) is 12.4 Å². The molecule has 0 bridgehead atoms. The smallest absolute Gasteiger partial charge is 0.272 e. The SMILES string of the molecule is CCNC(=NCc1cccc(OCC(F)F)c1)NCC(=O)NC(C)(C)C. The molecule has 0 atom stereocenters. The van der Waals surface area contributed by atoms with E-state index in [2.05, 4.69) is 20.9 Å². The highest BCUT2D eigenvalue weighted by atomic mass is 19.3. The molecule has 0 aliphatic rings. The summed E-state index contributed by atoms with van der Waals surface area (Å²) in [4.78, 5) is 16.3. The van der Waals surface area contributed by atoms with E-state index in [1.54, 1.807) is 18.2 Å². The van der Waals surface area contributed by atoms with Crippen LogP contribution in [-0.2, 0) is 11.3 Å². The zero-order valence-corrected chi connectivity index (χ0v) is 15.7. The molecule has 6 nitrogen and oxygen atoms in total. The normalized spacial score (nSPS) is 12.0. The highest BCUT2D eigenvalue weighted by molar-refractivity contribution is 5.86. The number of carbonyl (C=O) groups is 1. The third-order valence-electron chi connectivity index (χ3n) is 2.97. The summed E-state index contributed by atoms with van der Waals surface area (Å²) < 4.78 is 29.4. The van der Waals surface area contributed by atoms with Gasteiger partial charge in [0.05, 0.1) is 13.1 Å². The van der Waals surface area contributed by atoms with Crippen LogP contribution in [-0.4, -0.2) is 43.5 Å². The number of amides is 1. The van der Waals surface area contributed by atoms with Gasteiger partial charge in [0.2, 0.25) is 5.91 Å². The minimum Gasteiger partial charge on any atom is -0.488 e. The number of alkyl halides is 2. The third kappa shape index (κ3) is 9.80. The lowest BCUT2D eigenvalue weighted by atomic mass is 10.1. The first-order valence-electron chi connectivity index (χ1n) is 8.52. The summed E-state index contributed by atoms with van der Waals surface area (Å²) in [7, 11) is 0. The van der Waals surface area contributed by atoms with Gasteiger partial charge in [0, 0.05) is 12.1 Å². The van der Waals surface area contributed by atoms with Crippen LogP contribution in [0, 0.1) is 0 Å². The maximum absolute atomic E-state index is 12.2. The van der Waals surface area contributed by atoms with Crippen molar-refractivity contribution < 1.29 is 18.3 Å². The van der Waals surface area contributed by atoms with E-state index < -0.39 is 13.0 Å². The van der Waals surface area contributed by atoms with Crippen LogP contribution in [0.4, 0.5) is 8.78 Å². The number of nitrogens with one attached hydrogen (secondary N) is 3. The number of hydrogen-bond acceptors (Lipinski definition) is 3. The molecular formula is C18H28F2N4O2. The topological polar surface area (TPSA) is 74.8 Å². The Morgan fingerprint density at radius 3 is 2.62 bits per heavy atom. The van der Waals surface area contributed by atoms with Gasteiger partial charge < -0.3 is 20.7 Å². The molecule has 1 rings (SSSR count). The molecule has 26 heavy (non-hydrogen) atoms. The number of hydrogen-bond donors (Lipinski definition) is 3. The predicted molar refractivity (Wildman–Crippen MR) is 98.7 cm³/mol. The van der Waals surface area contributed by atoms with Gasteiger partial charge in [-0.05, 0) is 45.4 Å². The van der Waals surface area contributed by atoms with Gasteiger partial charge in [-0.1, -0.05) is 12.1 Å². The molecule has 0 aromatic heterocycles. The molecule has 0 unspecified atom stereocenters. The highest BCUT2D eigenvalue weighted by Gasteiger charge is 2.13. The Labute approximate surface area is 153 Å². The van der Waals surface area contributed by atoms with Crippen molar-refractivity contribution >= 4 is 11.9 Å². The van der Waals surface area contributed by atoms with Crippen molar-refractivity contribution in [2.24, 2.45) is 4.99 Å². The number of ether oxygens (including phenoxy) is 1. The second-order valence-electron chi connectivity index (χ2n) is 6.70. The first-order chi connectivity index (χ1) is 12.2. The first-order valence-corrected chi connectivity index (χ1v) is 8.52. The van der Waals surface area contributed by atoms with Crippen LogP contribution in [0.25, 0.3) is 0 Å². The van der Waals surface area contributed by atoms with Crippen LogP contribution < -0.4 is 20.7 Å². The molecule has 0 saturated carbocycles. The molecule has 146 valence electrons. The molecule has 0 heterocycles. The number of aliphatic imine (C=N–C) groups is 1. The van der Waals surface area contributed by atoms with Gasteiger partial charge in [-0.2, -0.15) is 0 Å². The Morgan fingerprint density at radius 1 is 1.27 bits per heavy atom. The Balaban J connectivity index is 2.63. The average molecular weight is 370 g/mol. The van der Waals surface area contributed by atoms with Gasteiger partial charge in [-0.25, -0.2) is 13.8 Å². The van der Waals surface area contributed by atoms with Crippen LogP contribution >= 0.6 is 0 Å². The minimum absolute atomic E-state index is 0.0979. The number of rotatable bonds is 8. The molecule has 0 saturated heterocycles. The molecule has 3 N–H and O–H groups in total. The van der Waals surface area contributed by atoms with Crippen molar-refractivity contribution in [1.29, 1.82) is 0 Å².